The van der Waals surface area contributed by atoms with Crippen LogP contribution in [0, 0.1) is 11.8 Å². The number of fused-ring (bicyclic) bond motifs is 2. The molecule has 2 aliphatic heterocycles. The van der Waals surface area contributed by atoms with Crippen LogP contribution in [0.1, 0.15) is 32.1 Å². The first-order valence-corrected chi connectivity index (χ1v) is 9.39. The highest BCUT2D eigenvalue weighted by atomic mass is 16.6. The molecule has 2 saturated carbocycles. The second-order valence-electron chi connectivity index (χ2n) is 7.79. The standard InChI is InChI=1S/C17H27N5O3/c18-16(23)14-9-13(25-20-14)10-19-17(24)22-5-3-21(4-6-22)15-8-11-1-2-12(15)7-11/h11-13,15H,1-10H2,(H2,18,23)(H,19,24)/t11-,12-,13+,15+/m0/s1. The van der Waals surface area contributed by atoms with Crippen molar-refractivity contribution in [2.45, 2.75) is 44.2 Å². The predicted octanol–water partition coefficient (Wildman–Crippen LogP) is 0.132. The van der Waals surface area contributed by atoms with Crippen LogP contribution in [-0.4, -0.2) is 72.3 Å². The topological polar surface area (TPSA) is 100 Å². The molecule has 2 aliphatic carbocycles. The average Bonchev–Trinajstić information content (AvgIpc) is 3.36. The van der Waals surface area contributed by atoms with E-state index in [1.165, 1.54) is 25.7 Å². The van der Waals surface area contributed by atoms with Crippen molar-refractivity contribution in [3.63, 3.8) is 0 Å². The van der Waals surface area contributed by atoms with E-state index in [0.29, 0.717) is 13.0 Å². The molecule has 25 heavy (non-hydrogen) atoms. The van der Waals surface area contributed by atoms with Crippen LogP contribution in [0.3, 0.4) is 0 Å². The second-order valence-corrected chi connectivity index (χ2v) is 7.79. The number of hydrogen-bond donors (Lipinski definition) is 2. The molecule has 1 saturated heterocycles. The number of urea groups is 1. The summed E-state index contributed by atoms with van der Waals surface area (Å²) in [6.45, 7) is 3.82. The summed E-state index contributed by atoms with van der Waals surface area (Å²) in [4.78, 5) is 33.0. The van der Waals surface area contributed by atoms with E-state index in [9.17, 15) is 9.59 Å². The first-order chi connectivity index (χ1) is 12.1. The van der Waals surface area contributed by atoms with Gasteiger partial charge in [0.15, 0.2) is 6.10 Å². The smallest absolute Gasteiger partial charge is 0.317 e. The number of primary amides is 1. The Balaban J connectivity index is 1.18. The van der Waals surface area contributed by atoms with Crippen molar-refractivity contribution >= 4 is 17.6 Å². The fourth-order valence-electron chi connectivity index (χ4n) is 4.91. The summed E-state index contributed by atoms with van der Waals surface area (Å²) in [5.74, 6) is 1.28. The number of piperazine rings is 1. The van der Waals surface area contributed by atoms with Gasteiger partial charge in [0.2, 0.25) is 0 Å². The van der Waals surface area contributed by atoms with Crippen LogP contribution in [0.25, 0.3) is 0 Å². The highest BCUT2D eigenvalue weighted by molar-refractivity contribution is 6.38. The lowest BCUT2D eigenvalue weighted by Crippen LogP contribution is -2.55. The lowest BCUT2D eigenvalue weighted by atomic mass is 9.93. The van der Waals surface area contributed by atoms with Gasteiger partial charge in [0, 0.05) is 38.6 Å². The highest BCUT2D eigenvalue weighted by Crippen LogP contribution is 2.46. The zero-order chi connectivity index (χ0) is 17.4. The van der Waals surface area contributed by atoms with Gasteiger partial charge in [-0.1, -0.05) is 11.6 Å². The van der Waals surface area contributed by atoms with Crippen molar-refractivity contribution < 1.29 is 14.4 Å². The monoisotopic (exact) mass is 349 g/mol. The predicted molar refractivity (Wildman–Crippen MR) is 91.9 cm³/mol. The SMILES string of the molecule is NC(=O)C1=NO[C@@H](CNC(=O)N2CCN([C@@H]3C[C@H]4CC[C@H]3C4)CC2)C1. The van der Waals surface area contributed by atoms with Crippen molar-refractivity contribution in [3.8, 4) is 0 Å². The highest BCUT2D eigenvalue weighted by Gasteiger charge is 2.43. The van der Waals surface area contributed by atoms with Crippen LogP contribution < -0.4 is 11.1 Å². The molecule has 4 atom stereocenters. The molecule has 2 heterocycles. The molecule has 3 fully saturated rings. The Labute approximate surface area is 147 Å². The maximum Gasteiger partial charge on any atom is 0.317 e. The number of carbonyl (C=O) groups is 2. The molecule has 0 radical (unpaired) electrons. The number of nitrogens with one attached hydrogen (secondary N) is 1. The van der Waals surface area contributed by atoms with Crippen LogP contribution >= 0.6 is 0 Å². The third kappa shape index (κ3) is 3.44. The molecule has 0 aromatic carbocycles. The molecular formula is C17H27N5O3. The van der Waals surface area contributed by atoms with Crippen LogP contribution in [0.5, 0.6) is 0 Å². The van der Waals surface area contributed by atoms with E-state index in [1.54, 1.807) is 0 Å². The third-order valence-corrected chi connectivity index (χ3v) is 6.27. The Bertz CT molecular complexity index is 573. The summed E-state index contributed by atoms with van der Waals surface area (Å²) in [6, 6.07) is 0.684. The summed E-state index contributed by atoms with van der Waals surface area (Å²) in [5.41, 5.74) is 5.40. The number of rotatable bonds is 4. The summed E-state index contributed by atoms with van der Waals surface area (Å²) in [6.07, 6.45) is 5.65. The molecule has 4 aliphatic rings. The van der Waals surface area contributed by atoms with Crippen molar-refractivity contribution in [2.24, 2.45) is 22.7 Å². The van der Waals surface area contributed by atoms with Crippen LogP contribution in [0.15, 0.2) is 5.16 Å². The summed E-state index contributed by atoms with van der Waals surface area (Å²) in [7, 11) is 0. The molecule has 138 valence electrons. The first kappa shape index (κ1) is 16.6. The number of amides is 3. The maximum absolute atomic E-state index is 12.3. The van der Waals surface area contributed by atoms with Gasteiger partial charge in [-0.25, -0.2) is 4.79 Å². The van der Waals surface area contributed by atoms with Gasteiger partial charge >= 0.3 is 6.03 Å². The van der Waals surface area contributed by atoms with E-state index in [2.05, 4.69) is 15.4 Å². The fourth-order valence-corrected chi connectivity index (χ4v) is 4.91. The molecule has 8 nitrogen and oxygen atoms in total. The Hall–Kier alpha value is -1.83. The molecule has 2 bridgehead atoms. The van der Waals surface area contributed by atoms with E-state index in [1.807, 2.05) is 4.90 Å². The van der Waals surface area contributed by atoms with Crippen molar-refractivity contribution in [1.29, 1.82) is 0 Å². The zero-order valence-corrected chi connectivity index (χ0v) is 14.5. The number of hydrogen-bond acceptors (Lipinski definition) is 5. The lowest BCUT2D eigenvalue weighted by molar-refractivity contribution is -0.112. The van der Waals surface area contributed by atoms with Crippen molar-refractivity contribution in [2.75, 3.05) is 32.7 Å². The first-order valence-electron chi connectivity index (χ1n) is 9.39. The van der Waals surface area contributed by atoms with E-state index in [4.69, 9.17) is 10.6 Å². The van der Waals surface area contributed by atoms with Gasteiger partial charge in [0.1, 0.15) is 5.71 Å². The summed E-state index contributed by atoms with van der Waals surface area (Å²) in [5, 5.41) is 6.53. The summed E-state index contributed by atoms with van der Waals surface area (Å²) >= 11 is 0. The molecule has 3 amide bonds. The van der Waals surface area contributed by atoms with Gasteiger partial charge in [0.25, 0.3) is 5.91 Å². The lowest BCUT2D eigenvalue weighted by Gasteiger charge is -2.41. The van der Waals surface area contributed by atoms with Gasteiger partial charge in [-0.2, -0.15) is 0 Å². The maximum atomic E-state index is 12.3. The molecule has 3 N–H and O–H groups in total. The summed E-state index contributed by atoms with van der Waals surface area (Å²) < 4.78 is 0. The second kappa shape index (κ2) is 6.82. The normalized spacial score (nSPS) is 34.7. The molecule has 4 rings (SSSR count). The van der Waals surface area contributed by atoms with E-state index >= 15 is 0 Å². The van der Waals surface area contributed by atoms with Crippen molar-refractivity contribution in [3.05, 3.63) is 0 Å². The largest absolute Gasteiger partial charge is 0.390 e. The minimum Gasteiger partial charge on any atom is -0.390 e. The molecule has 8 heteroatoms. The van der Waals surface area contributed by atoms with E-state index in [-0.39, 0.29) is 17.8 Å². The van der Waals surface area contributed by atoms with Crippen LogP contribution in [0.2, 0.25) is 0 Å². The van der Waals surface area contributed by atoms with Crippen LogP contribution in [-0.2, 0) is 9.63 Å². The number of carbonyl (C=O) groups excluding carboxylic acids is 2. The number of oxime groups is 1. The molecular weight excluding hydrogens is 322 g/mol. The fraction of sp³-hybridized carbons (Fsp3) is 0.824. The Kier molecular flexibility index (Phi) is 4.54. The minimum atomic E-state index is -0.564. The Morgan fingerprint density at radius 1 is 1.20 bits per heavy atom. The van der Waals surface area contributed by atoms with E-state index in [0.717, 1.165) is 44.1 Å². The molecule has 0 unspecified atom stereocenters. The van der Waals surface area contributed by atoms with E-state index < -0.39 is 5.91 Å². The Morgan fingerprint density at radius 2 is 2.00 bits per heavy atom. The average molecular weight is 349 g/mol. The Morgan fingerprint density at radius 3 is 2.60 bits per heavy atom. The van der Waals surface area contributed by atoms with Gasteiger partial charge in [-0.15, -0.1) is 0 Å². The molecule has 0 aromatic heterocycles. The van der Waals surface area contributed by atoms with Gasteiger partial charge in [-0.3, -0.25) is 9.69 Å². The zero-order valence-electron chi connectivity index (χ0n) is 14.5. The minimum absolute atomic E-state index is 0.0660. The van der Waals surface area contributed by atoms with Gasteiger partial charge in [0.05, 0.1) is 6.54 Å². The van der Waals surface area contributed by atoms with Gasteiger partial charge in [-0.05, 0) is 31.1 Å². The van der Waals surface area contributed by atoms with Gasteiger partial charge < -0.3 is 20.8 Å². The number of nitrogens with two attached hydrogens (primary N) is 1. The van der Waals surface area contributed by atoms with Crippen LogP contribution in [0.4, 0.5) is 4.79 Å². The molecule has 0 spiro atoms. The third-order valence-electron chi connectivity index (χ3n) is 6.27. The molecule has 0 aromatic rings. The number of nitrogens with zero attached hydrogens (tertiary/aromatic N) is 3. The van der Waals surface area contributed by atoms with Crippen molar-refractivity contribution in [1.82, 2.24) is 15.1 Å². The quantitative estimate of drug-likeness (QED) is 0.753.